The fourth-order valence-electron chi connectivity index (χ4n) is 12.4. The molecule has 3 aliphatic heterocycles. The lowest BCUT2D eigenvalue weighted by molar-refractivity contribution is -0.163. The largest absolute Gasteiger partial charge is 0.438 e. The van der Waals surface area contributed by atoms with E-state index in [1.165, 1.54) is 76.5 Å². The standard InChI is InChI=1S/C77H99F2N8O16PS/c1-46(52-29-32-56(33-30-52)77(78,79)104(98,102-44-100-72(96)75(7,8)9)103-45-101-73(97)76(10,11)12)37-64(91)83-59-34-31-53-18-16-19-55-38-61(87(65(53)55)70(59)94)69(93)84-58(35-36-62(80)89)48(3)99-42-51-23-21-49(22-24-51)17-14-13-15-20-63(90)85-67(74(4,5)6)71(95)86-41-57(88)39-60(86)68(92)81-40-50-25-27-54(28-26-50)66-47(2)82-43-105-66/h16,18-19,21-30,32-33,37,43,48,57-61,67,88H,13-15,17,20,31,34-36,38-42,44-45H2,1-12H3,(H2,80,89)(H,81,92)(H,83,91)(H,84,93)(H,85,90)/b46-37+/t48-,57-,58+,59+,60+,61+,67-/m1/s1. The van der Waals surface area contributed by atoms with Crippen molar-refractivity contribution in [2.45, 2.75) is 215 Å². The molecule has 4 heterocycles. The van der Waals surface area contributed by atoms with E-state index in [1.54, 1.807) is 23.8 Å². The molecule has 1 saturated heterocycles. The summed E-state index contributed by atoms with van der Waals surface area (Å²) in [5.74, 6) is -5.13. The summed E-state index contributed by atoms with van der Waals surface area (Å²) in [4.78, 5) is 130. The fourth-order valence-corrected chi connectivity index (χ4v) is 14.5. The molecule has 0 saturated carbocycles. The Morgan fingerprint density at radius 1 is 0.781 bits per heavy atom. The first kappa shape index (κ1) is 82.1. The number of halogens is 2. The van der Waals surface area contributed by atoms with E-state index in [4.69, 9.17) is 29.0 Å². The molecule has 1 aromatic heterocycles. The van der Waals surface area contributed by atoms with Gasteiger partial charge in [-0.25, -0.2) is 4.98 Å². The molecule has 3 aliphatic rings. The van der Waals surface area contributed by atoms with Gasteiger partial charge in [-0.3, -0.25) is 61.7 Å². The summed E-state index contributed by atoms with van der Waals surface area (Å²) in [6.07, 6.45) is 3.45. The number of rotatable bonds is 32. The Labute approximate surface area is 616 Å². The SMILES string of the molecule is C/C(=C\C(=O)N[C@H]1CCc2cccc3c2N(C1=O)[C@H](C(=O)N[C@@H](CCC(N)=O)[C@@H](C)OCc1ccc(CCCCCC(=O)N[C@H](C(=O)N2C[C@H](O)C[C@H]2C(=O)NCc2ccc(-c4scnc4C)cc2)C(C)(C)C)cc1)C3)c1ccc(C(F)(F)P(=O)(OCOC(=O)C(C)(C)C)OCOC(=O)C(C)(C)C)cc1. The van der Waals surface area contributed by atoms with Crippen molar-refractivity contribution in [1.29, 1.82) is 0 Å². The maximum Gasteiger partial charge on any atom is 0.410 e. The van der Waals surface area contributed by atoms with Gasteiger partial charge < -0.3 is 51.2 Å². The zero-order valence-electron chi connectivity index (χ0n) is 61.8. The predicted octanol–water partition coefficient (Wildman–Crippen LogP) is 10.5. The average Bonchev–Trinajstić information content (AvgIpc) is 1.72. The highest BCUT2D eigenvalue weighted by Gasteiger charge is 2.56. The summed E-state index contributed by atoms with van der Waals surface area (Å²) in [6, 6.07) is 20.8. The lowest BCUT2D eigenvalue weighted by Crippen LogP contribution is -2.57. The zero-order chi connectivity index (χ0) is 76.9. The van der Waals surface area contributed by atoms with Crippen molar-refractivity contribution in [3.05, 3.63) is 147 Å². The highest BCUT2D eigenvalue weighted by Crippen LogP contribution is 2.67. The Morgan fingerprint density at radius 3 is 2.00 bits per heavy atom. The third-order valence-corrected chi connectivity index (χ3v) is 21.5. The number of para-hydroxylation sites is 1. The number of aliphatic hydroxyl groups excluding tert-OH is 1. The number of primary amides is 1. The number of nitrogens with two attached hydrogens (primary N) is 1. The topological polar surface area (TPSA) is 331 Å². The highest BCUT2D eigenvalue weighted by molar-refractivity contribution is 7.54. The third-order valence-electron chi connectivity index (χ3n) is 18.7. The number of nitrogens with zero attached hydrogens (tertiary/aromatic N) is 3. The molecule has 0 unspecified atom stereocenters. The number of amides is 7. The number of esters is 2. The number of β-amino-alcohol motifs (C(OH)–C–C–N with tert-alkyl or cyclic N) is 1. The first-order valence-electron chi connectivity index (χ1n) is 35.3. The molecule has 0 bridgehead atoms. The number of benzene rings is 4. The van der Waals surface area contributed by atoms with Gasteiger partial charge >= 0.3 is 25.2 Å². The quantitative estimate of drug-likeness (QED) is 0.00766. The molecule has 4 aromatic carbocycles. The highest BCUT2D eigenvalue weighted by atomic mass is 32.1. The smallest absolute Gasteiger partial charge is 0.410 e. The van der Waals surface area contributed by atoms with Gasteiger partial charge in [-0.05, 0) is 151 Å². The molecular weight excluding hydrogens is 1390 g/mol. The second kappa shape index (κ2) is 35.2. The van der Waals surface area contributed by atoms with Gasteiger partial charge in [0.05, 0.1) is 57.5 Å². The van der Waals surface area contributed by atoms with Crippen LogP contribution >= 0.6 is 18.9 Å². The molecule has 0 spiro atoms. The number of unbranched alkanes of at least 4 members (excludes halogenated alkanes) is 2. The second-order valence-electron chi connectivity index (χ2n) is 30.2. The number of nitrogens with one attached hydrogen (secondary N) is 4. The van der Waals surface area contributed by atoms with Crippen LogP contribution in [0.4, 0.5) is 14.5 Å². The number of anilines is 1. The number of hydrogen-bond donors (Lipinski definition) is 6. The van der Waals surface area contributed by atoms with Gasteiger partial charge in [0.1, 0.15) is 24.2 Å². The molecule has 568 valence electrons. The van der Waals surface area contributed by atoms with Crippen LogP contribution in [0.5, 0.6) is 0 Å². The molecule has 28 heteroatoms. The van der Waals surface area contributed by atoms with Gasteiger partial charge in [-0.2, -0.15) is 8.78 Å². The van der Waals surface area contributed by atoms with Crippen molar-refractivity contribution in [3.8, 4) is 10.4 Å². The van der Waals surface area contributed by atoms with Crippen LogP contribution in [-0.2, 0) is 109 Å². The number of carbonyl (C=O) groups is 9. The lowest BCUT2D eigenvalue weighted by Gasteiger charge is -2.35. The monoisotopic (exact) mass is 1490 g/mol. The zero-order valence-corrected chi connectivity index (χ0v) is 63.5. The van der Waals surface area contributed by atoms with Crippen molar-refractivity contribution in [3.63, 3.8) is 0 Å². The molecule has 0 radical (unpaired) electrons. The van der Waals surface area contributed by atoms with E-state index in [9.17, 15) is 52.8 Å². The second-order valence-corrected chi connectivity index (χ2v) is 33.1. The van der Waals surface area contributed by atoms with Gasteiger partial charge in [0.2, 0.25) is 54.9 Å². The van der Waals surface area contributed by atoms with Crippen LogP contribution in [0.2, 0.25) is 0 Å². The molecular formula is C77H99F2N8O16PS. The van der Waals surface area contributed by atoms with E-state index in [0.717, 1.165) is 75.3 Å². The van der Waals surface area contributed by atoms with Crippen molar-refractivity contribution < 1.29 is 84.9 Å². The number of carbonyl (C=O) groups excluding carboxylic acids is 9. The van der Waals surface area contributed by atoms with Gasteiger partial charge in [0, 0.05) is 50.4 Å². The Balaban J connectivity index is 0.815. The molecule has 5 aromatic rings. The minimum Gasteiger partial charge on any atom is -0.438 e. The number of thiazole rings is 1. The molecule has 1 fully saturated rings. The Bertz CT molecular complexity index is 4000. The number of hydrogen-bond acceptors (Lipinski definition) is 18. The van der Waals surface area contributed by atoms with Crippen LogP contribution in [0, 0.1) is 23.2 Å². The van der Waals surface area contributed by atoms with Crippen LogP contribution in [0.25, 0.3) is 16.0 Å². The summed E-state index contributed by atoms with van der Waals surface area (Å²) >= 11 is 1.56. The molecule has 7 N–H and O–H groups in total. The van der Waals surface area contributed by atoms with Gasteiger partial charge in [-0.15, -0.1) is 11.3 Å². The lowest BCUT2D eigenvalue weighted by atomic mass is 9.85. The number of ether oxygens (including phenoxy) is 3. The number of aliphatic hydroxyl groups is 1. The Morgan fingerprint density at radius 2 is 1.40 bits per heavy atom. The molecule has 24 nitrogen and oxygen atoms in total. The Kier molecular flexibility index (Phi) is 27.5. The Hall–Kier alpha value is -8.59. The number of aryl methyl sites for hydroxylation is 3. The average molecular weight is 1490 g/mol. The van der Waals surface area contributed by atoms with E-state index in [0.29, 0.717) is 18.5 Å². The van der Waals surface area contributed by atoms with Crippen molar-refractivity contribution in [2.24, 2.45) is 22.0 Å². The summed E-state index contributed by atoms with van der Waals surface area (Å²) in [6.45, 7) is 17.9. The number of allylic oxidation sites excluding steroid dienone is 1. The van der Waals surface area contributed by atoms with E-state index >= 15 is 8.78 Å². The minimum atomic E-state index is -5.62. The van der Waals surface area contributed by atoms with E-state index in [1.807, 2.05) is 94.4 Å². The van der Waals surface area contributed by atoms with Gasteiger partial charge in [-0.1, -0.05) is 118 Å². The third kappa shape index (κ3) is 21.6. The maximum absolute atomic E-state index is 16.3. The van der Waals surface area contributed by atoms with Crippen LogP contribution in [0.1, 0.15) is 172 Å². The molecule has 8 rings (SSSR count). The molecule has 0 aliphatic carbocycles. The number of alkyl halides is 2. The normalized spacial score (nSPS) is 17.9. The summed E-state index contributed by atoms with van der Waals surface area (Å²) < 4.78 is 72.7. The van der Waals surface area contributed by atoms with Gasteiger partial charge in [0.25, 0.3) is 0 Å². The minimum absolute atomic E-state index is 0.0318. The summed E-state index contributed by atoms with van der Waals surface area (Å²) in [5, 5.41) is 22.4. The van der Waals surface area contributed by atoms with E-state index < -0.39 is 133 Å². The van der Waals surface area contributed by atoms with Crippen LogP contribution in [0.3, 0.4) is 0 Å². The predicted molar refractivity (Wildman–Crippen MR) is 391 cm³/mol. The fraction of sp³-hybridized carbons (Fsp3) is 0.506. The van der Waals surface area contributed by atoms with Crippen LogP contribution < -0.4 is 31.9 Å². The first-order valence-corrected chi connectivity index (χ1v) is 37.8. The van der Waals surface area contributed by atoms with Crippen molar-refractivity contribution in [1.82, 2.24) is 31.2 Å². The maximum atomic E-state index is 16.3. The van der Waals surface area contributed by atoms with Gasteiger partial charge in [0.15, 0.2) is 0 Å². The van der Waals surface area contributed by atoms with Crippen LogP contribution in [-0.4, -0.2) is 131 Å². The summed E-state index contributed by atoms with van der Waals surface area (Å²) in [7, 11) is -5.62. The van der Waals surface area contributed by atoms with Crippen LogP contribution in [0.15, 0.2) is 103 Å². The molecule has 7 atom stereocenters. The molecule has 105 heavy (non-hydrogen) atoms. The van der Waals surface area contributed by atoms with E-state index in [2.05, 4.69) is 26.3 Å². The van der Waals surface area contributed by atoms with Crippen molar-refractivity contribution in [2.75, 3.05) is 25.0 Å². The first-order chi connectivity index (χ1) is 49.3. The number of aromatic nitrogens is 1. The summed E-state index contributed by atoms with van der Waals surface area (Å²) in [5.41, 5.74) is 6.79. The number of likely N-dealkylation sites (tertiary alicyclic amines) is 1. The van der Waals surface area contributed by atoms with Crippen molar-refractivity contribution >= 4 is 83.5 Å². The van der Waals surface area contributed by atoms with E-state index in [-0.39, 0.29) is 81.2 Å². The molecule has 7 amide bonds.